The summed E-state index contributed by atoms with van der Waals surface area (Å²) in [6, 6.07) is 10.4. The third-order valence-corrected chi connectivity index (χ3v) is 4.37. The maximum atomic E-state index is 12.4. The third-order valence-electron chi connectivity index (χ3n) is 3.51. The summed E-state index contributed by atoms with van der Waals surface area (Å²) in [4.78, 5) is 37.2. The van der Waals surface area contributed by atoms with Crippen LogP contribution in [0.1, 0.15) is 38.9 Å². The van der Waals surface area contributed by atoms with Crippen molar-refractivity contribution in [2.45, 2.75) is 19.9 Å². The third kappa shape index (κ3) is 5.42. The highest BCUT2D eigenvalue weighted by Gasteiger charge is 2.17. The van der Waals surface area contributed by atoms with Gasteiger partial charge in [-0.25, -0.2) is 0 Å². The van der Waals surface area contributed by atoms with Crippen molar-refractivity contribution >= 4 is 29.1 Å². The molecule has 7 heteroatoms. The highest BCUT2D eigenvalue weighted by molar-refractivity contribution is 7.12. The van der Waals surface area contributed by atoms with Crippen molar-refractivity contribution in [1.29, 1.82) is 0 Å². The van der Waals surface area contributed by atoms with Crippen molar-refractivity contribution in [2.24, 2.45) is 0 Å². The molecule has 2 aromatic rings. The Hall–Kier alpha value is -2.67. The van der Waals surface area contributed by atoms with Gasteiger partial charge in [0.2, 0.25) is 0 Å². The molecular weight excluding hydrogens is 340 g/mol. The maximum Gasteiger partial charge on any atom is 0.323 e. The van der Waals surface area contributed by atoms with Crippen molar-refractivity contribution in [2.75, 3.05) is 13.1 Å². The Morgan fingerprint density at radius 1 is 1.16 bits per heavy atom. The summed E-state index contributed by atoms with van der Waals surface area (Å²) >= 11 is 1.37. The topological polar surface area (TPSA) is 86.7 Å². The molecule has 0 saturated carbocycles. The molecule has 0 aliphatic rings. The number of rotatable bonds is 8. The molecule has 1 aromatic heterocycles. The van der Waals surface area contributed by atoms with Gasteiger partial charge < -0.3 is 15.3 Å². The Balaban J connectivity index is 1.97. The monoisotopic (exact) mass is 360 g/mol. The molecule has 0 saturated heterocycles. The number of carbonyl (C=O) groups excluding carboxylic acids is 2. The zero-order valence-electron chi connectivity index (χ0n) is 13.9. The van der Waals surface area contributed by atoms with Crippen LogP contribution < -0.4 is 5.32 Å². The lowest BCUT2D eigenvalue weighted by atomic mass is 10.1. The predicted molar refractivity (Wildman–Crippen MR) is 95.8 cm³/mol. The van der Waals surface area contributed by atoms with E-state index in [-0.39, 0.29) is 18.4 Å². The summed E-state index contributed by atoms with van der Waals surface area (Å²) in [6.07, 6.45) is 0.686. The van der Waals surface area contributed by atoms with Gasteiger partial charge in [-0.05, 0) is 35.6 Å². The minimum Gasteiger partial charge on any atom is -0.480 e. The van der Waals surface area contributed by atoms with Gasteiger partial charge in [0.15, 0.2) is 0 Å². The fourth-order valence-corrected chi connectivity index (χ4v) is 2.95. The normalized spacial score (nSPS) is 10.3. The highest BCUT2D eigenvalue weighted by Crippen LogP contribution is 2.11. The quantitative estimate of drug-likeness (QED) is 0.758. The zero-order chi connectivity index (χ0) is 18.2. The van der Waals surface area contributed by atoms with Gasteiger partial charge in [0.05, 0.1) is 4.88 Å². The van der Waals surface area contributed by atoms with Crippen LogP contribution in [0, 0.1) is 0 Å². The first-order valence-corrected chi connectivity index (χ1v) is 8.81. The van der Waals surface area contributed by atoms with E-state index in [1.54, 1.807) is 30.3 Å². The van der Waals surface area contributed by atoms with Crippen LogP contribution in [0.25, 0.3) is 0 Å². The molecule has 6 nitrogen and oxygen atoms in total. The Kier molecular flexibility index (Phi) is 6.71. The molecular formula is C18H20N2O4S. The van der Waals surface area contributed by atoms with Crippen LogP contribution in [-0.4, -0.2) is 40.9 Å². The summed E-state index contributed by atoms with van der Waals surface area (Å²) in [5, 5.41) is 13.6. The van der Waals surface area contributed by atoms with Crippen LogP contribution in [0.2, 0.25) is 0 Å². The minimum absolute atomic E-state index is 0.134. The molecule has 2 rings (SSSR count). The average Bonchev–Trinajstić information content (AvgIpc) is 3.13. The van der Waals surface area contributed by atoms with E-state index in [1.807, 2.05) is 18.4 Å². The molecule has 0 unspecified atom stereocenters. The second kappa shape index (κ2) is 8.98. The molecule has 0 radical (unpaired) electrons. The molecule has 1 heterocycles. The van der Waals surface area contributed by atoms with E-state index in [4.69, 9.17) is 5.11 Å². The summed E-state index contributed by atoms with van der Waals surface area (Å²) < 4.78 is 0. The summed E-state index contributed by atoms with van der Waals surface area (Å²) in [5.41, 5.74) is 1.30. The number of carboxylic acids is 1. The van der Waals surface area contributed by atoms with Crippen LogP contribution in [0.3, 0.4) is 0 Å². The SMILES string of the molecule is CCCN(CC(=O)O)C(=O)c1ccc(CNC(=O)c2cccs2)cc1. The number of benzene rings is 1. The Labute approximate surface area is 150 Å². The van der Waals surface area contributed by atoms with Crippen molar-refractivity contribution < 1.29 is 19.5 Å². The maximum absolute atomic E-state index is 12.4. The van der Waals surface area contributed by atoms with Gasteiger partial charge in [-0.15, -0.1) is 11.3 Å². The van der Waals surface area contributed by atoms with Gasteiger partial charge in [-0.1, -0.05) is 25.1 Å². The standard InChI is InChI=1S/C18H20N2O4S/c1-2-9-20(12-16(21)22)18(24)14-7-5-13(6-8-14)11-19-17(23)15-4-3-10-25-15/h3-8,10H,2,9,11-12H2,1H3,(H,19,23)(H,21,22). The highest BCUT2D eigenvalue weighted by atomic mass is 32.1. The Morgan fingerprint density at radius 3 is 2.44 bits per heavy atom. The van der Waals surface area contributed by atoms with Gasteiger partial charge in [0, 0.05) is 18.7 Å². The minimum atomic E-state index is -1.03. The van der Waals surface area contributed by atoms with Crippen molar-refractivity contribution in [3.05, 3.63) is 57.8 Å². The summed E-state index contributed by atoms with van der Waals surface area (Å²) in [6.45, 7) is 2.33. The van der Waals surface area contributed by atoms with E-state index in [2.05, 4.69) is 5.32 Å². The Bertz CT molecular complexity index is 726. The number of nitrogens with zero attached hydrogens (tertiary/aromatic N) is 1. The number of nitrogens with one attached hydrogen (secondary N) is 1. The lowest BCUT2D eigenvalue weighted by molar-refractivity contribution is -0.137. The number of amides is 2. The summed E-state index contributed by atoms with van der Waals surface area (Å²) in [7, 11) is 0. The molecule has 2 N–H and O–H groups in total. The van der Waals surface area contributed by atoms with Gasteiger partial charge >= 0.3 is 5.97 Å². The average molecular weight is 360 g/mol. The molecule has 25 heavy (non-hydrogen) atoms. The van der Waals surface area contributed by atoms with Gasteiger partial charge in [0.25, 0.3) is 11.8 Å². The number of carbonyl (C=O) groups is 3. The van der Waals surface area contributed by atoms with Crippen molar-refractivity contribution in [1.82, 2.24) is 10.2 Å². The molecule has 0 aliphatic carbocycles. The number of hydrogen-bond acceptors (Lipinski definition) is 4. The van der Waals surface area contributed by atoms with E-state index in [9.17, 15) is 14.4 Å². The van der Waals surface area contributed by atoms with E-state index < -0.39 is 5.97 Å². The van der Waals surface area contributed by atoms with Crippen LogP contribution in [0.15, 0.2) is 41.8 Å². The number of hydrogen-bond donors (Lipinski definition) is 2. The second-order valence-electron chi connectivity index (χ2n) is 5.48. The van der Waals surface area contributed by atoms with Crippen molar-refractivity contribution in [3.8, 4) is 0 Å². The lowest BCUT2D eigenvalue weighted by Gasteiger charge is -2.20. The van der Waals surface area contributed by atoms with Crippen LogP contribution in [0.5, 0.6) is 0 Å². The number of thiophene rings is 1. The molecule has 2 amide bonds. The van der Waals surface area contributed by atoms with Crippen LogP contribution in [0.4, 0.5) is 0 Å². The van der Waals surface area contributed by atoms with Crippen LogP contribution in [-0.2, 0) is 11.3 Å². The van der Waals surface area contributed by atoms with Gasteiger partial charge in [-0.3, -0.25) is 14.4 Å². The van der Waals surface area contributed by atoms with Gasteiger partial charge in [0.1, 0.15) is 6.54 Å². The van der Waals surface area contributed by atoms with E-state index in [0.717, 1.165) is 5.56 Å². The van der Waals surface area contributed by atoms with Gasteiger partial charge in [-0.2, -0.15) is 0 Å². The van der Waals surface area contributed by atoms with E-state index in [0.29, 0.717) is 30.0 Å². The first-order valence-electron chi connectivity index (χ1n) is 7.93. The Morgan fingerprint density at radius 2 is 1.88 bits per heavy atom. The lowest BCUT2D eigenvalue weighted by Crippen LogP contribution is -2.36. The van der Waals surface area contributed by atoms with Crippen molar-refractivity contribution in [3.63, 3.8) is 0 Å². The fraction of sp³-hybridized carbons (Fsp3) is 0.278. The smallest absolute Gasteiger partial charge is 0.323 e. The number of carboxylic acid groups (broad SMARTS) is 1. The molecule has 0 aliphatic heterocycles. The molecule has 132 valence electrons. The molecule has 1 aromatic carbocycles. The first-order chi connectivity index (χ1) is 12.0. The van der Waals surface area contributed by atoms with Crippen LogP contribution >= 0.6 is 11.3 Å². The first kappa shape index (κ1) is 18.7. The molecule has 0 fully saturated rings. The largest absolute Gasteiger partial charge is 0.480 e. The summed E-state index contributed by atoms with van der Waals surface area (Å²) in [5.74, 6) is -1.47. The second-order valence-corrected chi connectivity index (χ2v) is 6.43. The number of aliphatic carboxylic acids is 1. The zero-order valence-corrected chi connectivity index (χ0v) is 14.7. The fourth-order valence-electron chi connectivity index (χ4n) is 2.31. The molecule has 0 atom stereocenters. The van der Waals surface area contributed by atoms with E-state index in [1.165, 1.54) is 16.2 Å². The van der Waals surface area contributed by atoms with E-state index >= 15 is 0 Å². The molecule has 0 bridgehead atoms. The molecule has 0 spiro atoms. The predicted octanol–water partition coefficient (Wildman–Crippen LogP) is 2.61.